The molecule has 2 aromatic heterocycles. The Balaban J connectivity index is 2.09. The van der Waals surface area contributed by atoms with Gasteiger partial charge in [-0.05, 0) is 29.8 Å². The van der Waals surface area contributed by atoms with Crippen LogP contribution in [0.15, 0.2) is 42.9 Å². The molecule has 1 N–H and O–H groups in total. The molecule has 2 rings (SSSR count). The minimum absolute atomic E-state index is 0.773. The maximum atomic E-state index is 4.34. The number of hydrogen-bond acceptors (Lipinski definition) is 4. The summed E-state index contributed by atoms with van der Waals surface area (Å²) in [7, 11) is 3.97. The minimum atomic E-state index is 0.773. The highest BCUT2D eigenvalue weighted by Gasteiger charge is 2.04. The molecule has 17 heavy (non-hydrogen) atoms. The van der Waals surface area contributed by atoms with Gasteiger partial charge in [-0.3, -0.25) is 4.98 Å². The van der Waals surface area contributed by atoms with E-state index in [9.17, 15) is 0 Å². The van der Waals surface area contributed by atoms with Crippen molar-refractivity contribution in [2.24, 2.45) is 0 Å². The number of nitrogens with one attached hydrogen (secondary N) is 1. The van der Waals surface area contributed by atoms with E-state index in [1.54, 1.807) is 18.6 Å². The molecule has 0 aliphatic carbocycles. The first-order chi connectivity index (χ1) is 8.27. The molecule has 0 fully saturated rings. The fourth-order valence-corrected chi connectivity index (χ4v) is 1.59. The van der Waals surface area contributed by atoms with Crippen LogP contribution in [0.2, 0.25) is 0 Å². The third-order valence-electron chi connectivity index (χ3n) is 2.44. The van der Waals surface area contributed by atoms with Crippen LogP contribution in [0.3, 0.4) is 0 Å². The number of hydrogen-bond donors (Lipinski definition) is 1. The van der Waals surface area contributed by atoms with Gasteiger partial charge in [0.25, 0.3) is 0 Å². The van der Waals surface area contributed by atoms with Crippen LogP contribution < -0.4 is 10.2 Å². The number of rotatable bonds is 4. The van der Waals surface area contributed by atoms with Gasteiger partial charge in [0.05, 0.1) is 5.69 Å². The summed E-state index contributed by atoms with van der Waals surface area (Å²) in [5.41, 5.74) is 2.24. The number of nitrogens with zero attached hydrogens (tertiary/aromatic N) is 3. The van der Waals surface area contributed by atoms with Crippen molar-refractivity contribution in [2.45, 2.75) is 6.54 Å². The molecule has 0 saturated heterocycles. The Morgan fingerprint density at radius 2 is 1.88 bits per heavy atom. The minimum Gasteiger partial charge on any atom is -0.378 e. The molecule has 88 valence electrons. The van der Waals surface area contributed by atoms with E-state index >= 15 is 0 Å². The second kappa shape index (κ2) is 5.30. The van der Waals surface area contributed by atoms with Crippen molar-refractivity contribution in [1.82, 2.24) is 9.97 Å². The van der Waals surface area contributed by atoms with Crippen LogP contribution in [-0.4, -0.2) is 24.1 Å². The molecule has 0 radical (unpaired) electrons. The molecule has 2 heterocycles. The number of aromatic nitrogens is 2. The third-order valence-corrected chi connectivity index (χ3v) is 2.44. The quantitative estimate of drug-likeness (QED) is 0.870. The molecule has 0 aliphatic heterocycles. The maximum absolute atomic E-state index is 4.34. The highest BCUT2D eigenvalue weighted by Crippen LogP contribution is 2.20. The lowest BCUT2D eigenvalue weighted by Gasteiger charge is -2.16. The monoisotopic (exact) mass is 228 g/mol. The Labute approximate surface area is 101 Å². The zero-order valence-electron chi connectivity index (χ0n) is 10.1. The van der Waals surface area contributed by atoms with Gasteiger partial charge in [0, 0.05) is 39.2 Å². The second-order valence-electron chi connectivity index (χ2n) is 3.98. The van der Waals surface area contributed by atoms with Crippen molar-refractivity contribution in [3.8, 4) is 0 Å². The van der Waals surface area contributed by atoms with E-state index in [4.69, 9.17) is 0 Å². The second-order valence-corrected chi connectivity index (χ2v) is 3.98. The van der Waals surface area contributed by atoms with Gasteiger partial charge < -0.3 is 10.2 Å². The van der Waals surface area contributed by atoms with E-state index in [-0.39, 0.29) is 0 Å². The molecule has 0 atom stereocenters. The molecule has 0 aromatic carbocycles. The maximum Gasteiger partial charge on any atom is 0.151 e. The van der Waals surface area contributed by atoms with Crippen molar-refractivity contribution in [3.05, 3.63) is 48.4 Å². The van der Waals surface area contributed by atoms with Crippen LogP contribution in [-0.2, 0) is 6.54 Å². The largest absolute Gasteiger partial charge is 0.378 e. The van der Waals surface area contributed by atoms with Crippen LogP contribution in [0, 0.1) is 0 Å². The molecule has 4 nitrogen and oxygen atoms in total. The van der Waals surface area contributed by atoms with Gasteiger partial charge >= 0.3 is 0 Å². The Bertz CT molecular complexity index is 468. The molecular formula is C13H16N4. The van der Waals surface area contributed by atoms with E-state index in [0.717, 1.165) is 18.1 Å². The van der Waals surface area contributed by atoms with Crippen LogP contribution >= 0.6 is 0 Å². The fraction of sp³-hybridized carbons (Fsp3) is 0.231. The lowest BCUT2D eigenvalue weighted by molar-refractivity contribution is 1.05. The summed E-state index contributed by atoms with van der Waals surface area (Å²) in [4.78, 5) is 10.3. The van der Waals surface area contributed by atoms with Crippen LogP contribution in [0.5, 0.6) is 0 Å². The summed E-state index contributed by atoms with van der Waals surface area (Å²) >= 11 is 0. The van der Waals surface area contributed by atoms with E-state index in [1.807, 2.05) is 43.3 Å². The van der Waals surface area contributed by atoms with E-state index in [1.165, 1.54) is 5.56 Å². The Kier molecular flexibility index (Phi) is 3.55. The normalized spacial score (nSPS) is 10.0. The SMILES string of the molecule is CN(C)c1ncccc1NCc1ccncc1. The molecule has 0 aliphatic rings. The molecule has 0 saturated carbocycles. The van der Waals surface area contributed by atoms with Gasteiger partial charge in [-0.15, -0.1) is 0 Å². The summed E-state index contributed by atoms with van der Waals surface area (Å²) in [6.45, 7) is 0.773. The number of anilines is 2. The smallest absolute Gasteiger partial charge is 0.151 e. The standard InChI is InChI=1S/C13H16N4/c1-17(2)13-12(4-3-7-15-13)16-10-11-5-8-14-9-6-11/h3-9,16H,10H2,1-2H3. The summed E-state index contributed by atoms with van der Waals surface area (Å²) in [5.74, 6) is 0.946. The highest BCUT2D eigenvalue weighted by molar-refractivity contribution is 5.64. The average Bonchev–Trinajstić information content (AvgIpc) is 2.38. The van der Waals surface area contributed by atoms with Gasteiger partial charge in [-0.25, -0.2) is 4.98 Å². The van der Waals surface area contributed by atoms with E-state index in [2.05, 4.69) is 15.3 Å². The summed E-state index contributed by atoms with van der Waals surface area (Å²) in [6.07, 6.45) is 5.40. The van der Waals surface area contributed by atoms with Crippen molar-refractivity contribution < 1.29 is 0 Å². The number of pyridine rings is 2. The highest BCUT2D eigenvalue weighted by atomic mass is 15.2. The van der Waals surface area contributed by atoms with Gasteiger partial charge in [0.2, 0.25) is 0 Å². The lowest BCUT2D eigenvalue weighted by atomic mass is 10.2. The zero-order chi connectivity index (χ0) is 12.1. The fourth-order valence-electron chi connectivity index (χ4n) is 1.59. The van der Waals surface area contributed by atoms with Gasteiger partial charge in [0.1, 0.15) is 0 Å². The first-order valence-electron chi connectivity index (χ1n) is 5.52. The summed E-state index contributed by atoms with van der Waals surface area (Å²) in [5, 5.41) is 3.38. The van der Waals surface area contributed by atoms with Crippen molar-refractivity contribution in [2.75, 3.05) is 24.3 Å². The van der Waals surface area contributed by atoms with E-state index < -0.39 is 0 Å². The van der Waals surface area contributed by atoms with Gasteiger partial charge in [-0.1, -0.05) is 0 Å². The molecule has 4 heteroatoms. The van der Waals surface area contributed by atoms with Crippen LogP contribution in [0.25, 0.3) is 0 Å². The molecule has 0 amide bonds. The van der Waals surface area contributed by atoms with Crippen molar-refractivity contribution in [3.63, 3.8) is 0 Å². The average molecular weight is 228 g/mol. The predicted octanol–water partition coefficient (Wildman–Crippen LogP) is 2.15. The zero-order valence-corrected chi connectivity index (χ0v) is 10.1. The molecule has 0 unspecified atom stereocenters. The molecule has 0 bridgehead atoms. The lowest BCUT2D eigenvalue weighted by Crippen LogP contribution is -2.13. The molecule has 0 spiro atoms. The van der Waals surface area contributed by atoms with E-state index in [0.29, 0.717) is 0 Å². The summed E-state index contributed by atoms with van der Waals surface area (Å²) in [6, 6.07) is 7.96. The molecule has 2 aromatic rings. The topological polar surface area (TPSA) is 41.1 Å². The predicted molar refractivity (Wildman–Crippen MR) is 70.1 cm³/mol. The van der Waals surface area contributed by atoms with Gasteiger partial charge in [0.15, 0.2) is 5.82 Å². The Hall–Kier alpha value is -2.10. The molecular weight excluding hydrogens is 212 g/mol. The van der Waals surface area contributed by atoms with Gasteiger partial charge in [-0.2, -0.15) is 0 Å². The first-order valence-corrected chi connectivity index (χ1v) is 5.52. The van der Waals surface area contributed by atoms with Crippen LogP contribution in [0.1, 0.15) is 5.56 Å². The first kappa shape index (κ1) is 11.4. The summed E-state index contributed by atoms with van der Waals surface area (Å²) < 4.78 is 0. The Morgan fingerprint density at radius 1 is 1.12 bits per heavy atom. The van der Waals surface area contributed by atoms with Crippen LogP contribution in [0.4, 0.5) is 11.5 Å². The van der Waals surface area contributed by atoms with Crippen molar-refractivity contribution in [1.29, 1.82) is 0 Å². The van der Waals surface area contributed by atoms with Crippen molar-refractivity contribution >= 4 is 11.5 Å². The third kappa shape index (κ3) is 2.93. The Morgan fingerprint density at radius 3 is 2.59 bits per heavy atom.